The van der Waals surface area contributed by atoms with Gasteiger partial charge in [0.2, 0.25) is 0 Å². The van der Waals surface area contributed by atoms with E-state index in [1.54, 1.807) is 26.5 Å². The molecule has 0 atom stereocenters. The molecule has 9 nitrogen and oxygen atoms in total. The second-order valence-electron chi connectivity index (χ2n) is 11.7. The van der Waals surface area contributed by atoms with E-state index in [-0.39, 0.29) is 17.5 Å². The van der Waals surface area contributed by atoms with Crippen LogP contribution in [0.3, 0.4) is 0 Å². The molecule has 0 unspecified atom stereocenters. The Balaban J connectivity index is 1.23. The van der Waals surface area contributed by atoms with Crippen LogP contribution in [-0.4, -0.2) is 42.3 Å². The molecule has 0 spiro atoms. The van der Waals surface area contributed by atoms with Crippen molar-refractivity contribution in [2.24, 2.45) is 0 Å². The van der Waals surface area contributed by atoms with Gasteiger partial charge in [-0.05, 0) is 109 Å². The maximum Gasteiger partial charge on any atom is 0.274 e. The van der Waals surface area contributed by atoms with Gasteiger partial charge in [0, 0.05) is 49.1 Å². The van der Waals surface area contributed by atoms with Crippen LogP contribution in [-0.2, 0) is 9.47 Å². The first-order valence-electron chi connectivity index (χ1n) is 15.2. The Morgan fingerprint density at radius 2 is 1.27 bits per heavy atom. The van der Waals surface area contributed by atoms with Crippen molar-refractivity contribution in [1.82, 2.24) is 9.97 Å². The van der Waals surface area contributed by atoms with Gasteiger partial charge in [0.25, 0.3) is 11.8 Å². The van der Waals surface area contributed by atoms with Crippen LogP contribution in [0, 0.1) is 13.8 Å². The van der Waals surface area contributed by atoms with Crippen LogP contribution < -0.4 is 10.6 Å². The average molecular weight is 605 g/mol. The number of nitrogens with zero attached hydrogens (tertiary/aromatic N) is 2. The van der Waals surface area contributed by atoms with Crippen LogP contribution in [0.1, 0.15) is 103 Å². The molecule has 2 aliphatic rings. The van der Waals surface area contributed by atoms with Crippen molar-refractivity contribution in [1.29, 1.82) is 0 Å². The number of anilines is 2. The Labute approximate surface area is 262 Å². The number of aldehydes is 1. The predicted octanol–water partition coefficient (Wildman–Crippen LogP) is 7.12. The van der Waals surface area contributed by atoms with E-state index in [0.29, 0.717) is 34.5 Å². The van der Waals surface area contributed by atoms with Crippen molar-refractivity contribution in [2.45, 2.75) is 57.7 Å². The number of hydrogen-bond donors (Lipinski definition) is 2. The minimum Gasteiger partial charge on any atom is -0.352 e. The van der Waals surface area contributed by atoms with E-state index in [1.807, 2.05) is 56.3 Å². The minimum atomic E-state index is -0.535. The summed E-state index contributed by atoms with van der Waals surface area (Å²) in [4.78, 5) is 46.8. The molecule has 0 saturated heterocycles. The lowest BCUT2D eigenvalue weighted by Gasteiger charge is -2.18. The third kappa shape index (κ3) is 6.27. The van der Waals surface area contributed by atoms with Gasteiger partial charge in [0.15, 0.2) is 12.6 Å². The van der Waals surface area contributed by atoms with Gasteiger partial charge < -0.3 is 20.1 Å². The summed E-state index contributed by atoms with van der Waals surface area (Å²) in [5, 5.41) is 6.05. The standard InChI is InChI=1S/C36H36N4O5/c1-20-25(7-5-9-30(20)39-34(42)32-15-27(22-11-12-22)24(19-41)17-37-32)26-8-6-10-31(21(26)2)40-35(43)33-16-28(23-13-14-23)29(18-38-33)36(44-3)45-4/h5-10,15-19,22-23,36H,11-14H2,1-4H3,(H,39,42)(H,40,43). The number of ether oxygens (including phenoxy) is 2. The van der Waals surface area contributed by atoms with Gasteiger partial charge in [-0.25, -0.2) is 0 Å². The Bertz CT molecular complexity index is 1790. The SMILES string of the molecule is COC(OC)c1cnc(C(=O)Nc2cccc(-c3cccc(NC(=O)c4cc(C5CC5)c(C=O)cn4)c3C)c2C)cc1C1CC1. The average Bonchev–Trinajstić information content (AvgIpc) is 3.98. The normalized spacial score (nSPS) is 14.3. The molecular weight excluding hydrogens is 568 g/mol. The summed E-state index contributed by atoms with van der Waals surface area (Å²) in [5.74, 6) is 0.0507. The summed E-state index contributed by atoms with van der Waals surface area (Å²) in [5.41, 5.74) is 8.84. The summed E-state index contributed by atoms with van der Waals surface area (Å²) < 4.78 is 10.9. The molecular formula is C36H36N4O5. The number of hydrogen-bond acceptors (Lipinski definition) is 7. The quantitative estimate of drug-likeness (QED) is 0.138. The first-order chi connectivity index (χ1) is 21.8. The van der Waals surface area contributed by atoms with Crippen LogP contribution >= 0.6 is 0 Å². The molecule has 45 heavy (non-hydrogen) atoms. The Kier molecular flexibility index (Phi) is 8.56. The number of carbonyl (C=O) groups is 3. The summed E-state index contributed by atoms with van der Waals surface area (Å²) >= 11 is 0. The highest BCUT2D eigenvalue weighted by molar-refractivity contribution is 6.05. The van der Waals surface area contributed by atoms with E-state index in [2.05, 4.69) is 20.6 Å². The lowest BCUT2D eigenvalue weighted by atomic mass is 9.94. The number of pyridine rings is 2. The van der Waals surface area contributed by atoms with Gasteiger partial charge in [-0.15, -0.1) is 0 Å². The molecule has 2 saturated carbocycles. The van der Waals surface area contributed by atoms with E-state index >= 15 is 0 Å². The van der Waals surface area contributed by atoms with Crippen molar-refractivity contribution in [3.8, 4) is 11.1 Å². The van der Waals surface area contributed by atoms with E-state index in [4.69, 9.17) is 9.47 Å². The fourth-order valence-corrected chi connectivity index (χ4v) is 5.85. The summed E-state index contributed by atoms with van der Waals surface area (Å²) in [6.07, 6.45) is 7.56. The maximum atomic E-state index is 13.4. The van der Waals surface area contributed by atoms with Gasteiger partial charge >= 0.3 is 0 Å². The Morgan fingerprint density at radius 3 is 1.76 bits per heavy atom. The van der Waals surface area contributed by atoms with E-state index in [1.165, 1.54) is 6.20 Å². The van der Waals surface area contributed by atoms with Gasteiger partial charge in [0.1, 0.15) is 11.4 Å². The highest BCUT2D eigenvalue weighted by Gasteiger charge is 2.30. The third-order valence-corrected chi connectivity index (χ3v) is 8.70. The number of methoxy groups -OCH3 is 2. The number of nitrogens with one attached hydrogen (secondary N) is 2. The lowest BCUT2D eigenvalue weighted by Crippen LogP contribution is -2.17. The van der Waals surface area contributed by atoms with Crippen molar-refractivity contribution < 1.29 is 23.9 Å². The van der Waals surface area contributed by atoms with Crippen molar-refractivity contribution in [3.63, 3.8) is 0 Å². The van der Waals surface area contributed by atoms with Crippen LogP contribution in [0.25, 0.3) is 11.1 Å². The zero-order valence-electron chi connectivity index (χ0n) is 25.8. The number of benzene rings is 2. The molecule has 2 fully saturated rings. The molecule has 2 aliphatic carbocycles. The monoisotopic (exact) mass is 604 g/mol. The van der Waals surface area contributed by atoms with Gasteiger partial charge in [-0.2, -0.15) is 0 Å². The second-order valence-corrected chi connectivity index (χ2v) is 11.7. The molecule has 2 heterocycles. The molecule has 2 N–H and O–H groups in total. The zero-order chi connectivity index (χ0) is 31.7. The minimum absolute atomic E-state index is 0.277. The highest BCUT2D eigenvalue weighted by atomic mass is 16.7. The molecule has 2 amide bonds. The fourth-order valence-electron chi connectivity index (χ4n) is 5.85. The lowest BCUT2D eigenvalue weighted by molar-refractivity contribution is -0.106. The van der Waals surface area contributed by atoms with Crippen molar-refractivity contribution in [2.75, 3.05) is 24.9 Å². The van der Waals surface area contributed by atoms with Gasteiger partial charge in [-0.3, -0.25) is 24.4 Å². The topological polar surface area (TPSA) is 120 Å². The van der Waals surface area contributed by atoms with Crippen LogP contribution in [0.5, 0.6) is 0 Å². The first kappa shape index (κ1) is 30.3. The second kappa shape index (κ2) is 12.7. The smallest absolute Gasteiger partial charge is 0.274 e. The maximum absolute atomic E-state index is 13.4. The number of rotatable bonds is 11. The number of aromatic nitrogens is 2. The predicted molar refractivity (Wildman–Crippen MR) is 172 cm³/mol. The Hall–Kier alpha value is -4.73. The van der Waals surface area contributed by atoms with E-state index in [0.717, 1.165) is 70.9 Å². The van der Waals surface area contributed by atoms with Crippen molar-refractivity contribution >= 4 is 29.5 Å². The Morgan fingerprint density at radius 1 is 0.778 bits per heavy atom. The van der Waals surface area contributed by atoms with Gasteiger partial charge in [0.05, 0.1) is 0 Å². The third-order valence-electron chi connectivity index (χ3n) is 8.70. The first-order valence-corrected chi connectivity index (χ1v) is 15.2. The molecule has 0 radical (unpaired) electrons. The largest absolute Gasteiger partial charge is 0.352 e. The summed E-state index contributed by atoms with van der Waals surface area (Å²) in [7, 11) is 3.17. The van der Waals surface area contributed by atoms with Crippen molar-refractivity contribution in [3.05, 3.63) is 106 Å². The molecule has 9 heteroatoms. The molecule has 2 aromatic carbocycles. The molecule has 0 bridgehead atoms. The number of carbonyl (C=O) groups excluding carboxylic acids is 3. The molecule has 0 aliphatic heterocycles. The summed E-state index contributed by atoms with van der Waals surface area (Å²) in [6, 6.07) is 15.1. The van der Waals surface area contributed by atoms with E-state index < -0.39 is 6.29 Å². The summed E-state index contributed by atoms with van der Waals surface area (Å²) in [6.45, 7) is 3.91. The van der Waals surface area contributed by atoms with E-state index in [9.17, 15) is 14.4 Å². The zero-order valence-corrected chi connectivity index (χ0v) is 25.8. The van der Waals surface area contributed by atoms with Crippen LogP contribution in [0.4, 0.5) is 11.4 Å². The molecule has 2 aromatic heterocycles. The molecule has 4 aromatic rings. The number of amides is 2. The highest BCUT2D eigenvalue weighted by Crippen LogP contribution is 2.44. The fraction of sp³-hybridized carbons (Fsp3) is 0.306. The van der Waals surface area contributed by atoms with Crippen LogP contribution in [0.2, 0.25) is 0 Å². The van der Waals surface area contributed by atoms with Crippen LogP contribution in [0.15, 0.2) is 60.9 Å². The van der Waals surface area contributed by atoms with Gasteiger partial charge in [-0.1, -0.05) is 24.3 Å². The molecule has 6 rings (SSSR count). The molecule has 230 valence electrons.